The molecule has 0 unspecified atom stereocenters. The lowest BCUT2D eigenvalue weighted by molar-refractivity contribution is -0.134. The first-order valence-electron chi connectivity index (χ1n) is 8.76. The summed E-state index contributed by atoms with van der Waals surface area (Å²) in [5.41, 5.74) is 2.06. The van der Waals surface area contributed by atoms with Gasteiger partial charge in [0.1, 0.15) is 0 Å². The quantitative estimate of drug-likeness (QED) is 0.597. The van der Waals surface area contributed by atoms with Gasteiger partial charge in [0.25, 0.3) is 0 Å². The predicted molar refractivity (Wildman–Crippen MR) is 99.4 cm³/mol. The highest BCUT2D eigenvalue weighted by atomic mass is 16.4. The van der Waals surface area contributed by atoms with E-state index in [1.165, 1.54) is 24.8 Å². The summed E-state index contributed by atoms with van der Waals surface area (Å²) in [5, 5.41) is 15.6. The molecule has 0 amide bonds. The van der Waals surface area contributed by atoms with Gasteiger partial charge in [-0.25, -0.2) is 9.59 Å². The van der Waals surface area contributed by atoms with Crippen molar-refractivity contribution >= 4 is 17.7 Å². The van der Waals surface area contributed by atoms with Crippen LogP contribution < -0.4 is 0 Å². The number of aliphatic carboxylic acids is 2. The topological polar surface area (TPSA) is 94.9 Å². The largest absolute Gasteiger partial charge is 0.478 e. The van der Waals surface area contributed by atoms with Crippen LogP contribution in [0.25, 0.3) is 0 Å². The van der Waals surface area contributed by atoms with E-state index in [9.17, 15) is 14.4 Å². The standard InChI is InChI=1S/C16H23NO.C4H4O4/c1-13-6-8-15(9-7-13)16(18)14(2)12-17-10-4-3-5-11-17;5-3(6)1-2-4(7)8/h6-9,14H,3-5,10-12H2,1-2H3;1-2H,(H,5,6)(H,7,8)/b;2-1-/t14-;/m0./s1. The van der Waals surface area contributed by atoms with Crippen molar-refractivity contribution in [3.63, 3.8) is 0 Å². The molecule has 0 saturated carbocycles. The summed E-state index contributed by atoms with van der Waals surface area (Å²) in [6.45, 7) is 7.33. The Morgan fingerprint density at radius 2 is 1.50 bits per heavy atom. The Bertz CT molecular complexity index is 614. The van der Waals surface area contributed by atoms with E-state index in [-0.39, 0.29) is 11.7 Å². The lowest BCUT2D eigenvalue weighted by Crippen LogP contribution is -2.35. The Morgan fingerprint density at radius 3 is 1.96 bits per heavy atom. The van der Waals surface area contributed by atoms with E-state index >= 15 is 0 Å². The molecule has 1 aromatic carbocycles. The molecule has 142 valence electrons. The van der Waals surface area contributed by atoms with Gasteiger partial charge in [-0.05, 0) is 32.9 Å². The first-order chi connectivity index (χ1) is 12.3. The number of carbonyl (C=O) groups is 3. The molecule has 6 heteroatoms. The molecule has 1 aromatic rings. The van der Waals surface area contributed by atoms with Gasteiger partial charge in [-0.2, -0.15) is 0 Å². The maximum Gasteiger partial charge on any atom is 0.328 e. The molecule has 2 rings (SSSR count). The lowest BCUT2D eigenvalue weighted by Gasteiger charge is -2.28. The minimum Gasteiger partial charge on any atom is -0.478 e. The average Bonchev–Trinajstić information content (AvgIpc) is 2.61. The summed E-state index contributed by atoms with van der Waals surface area (Å²) < 4.78 is 0. The highest BCUT2D eigenvalue weighted by Gasteiger charge is 2.19. The molecular weight excluding hydrogens is 334 g/mol. The Kier molecular flexibility index (Phi) is 9.30. The number of piperidine rings is 1. The number of ketones is 1. The van der Waals surface area contributed by atoms with Gasteiger partial charge in [0, 0.05) is 30.2 Å². The summed E-state index contributed by atoms with van der Waals surface area (Å²) in [6.07, 6.45) is 5.03. The van der Waals surface area contributed by atoms with E-state index in [0.29, 0.717) is 12.2 Å². The number of aryl methyl sites for hydroxylation is 1. The second-order valence-electron chi connectivity index (χ2n) is 6.50. The third kappa shape index (κ3) is 8.58. The Balaban J connectivity index is 0.000000359. The van der Waals surface area contributed by atoms with Crippen molar-refractivity contribution in [3.8, 4) is 0 Å². The van der Waals surface area contributed by atoms with Crippen molar-refractivity contribution < 1.29 is 24.6 Å². The maximum absolute atomic E-state index is 12.3. The zero-order chi connectivity index (χ0) is 19.5. The van der Waals surface area contributed by atoms with Crippen LogP contribution in [0.15, 0.2) is 36.4 Å². The number of nitrogens with zero attached hydrogens (tertiary/aromatic N) is 1. The molecule has 0 bridgehead atoms. The van der Waals surface area contributed by atoms with Gasteiger partial charge < -0.3 is 15.1 Å². The van der Waals surface area contributed by atoms with Gasteiger partial charge in [-0.3, -0.25) is 4.79 Å². The van der Waals surface area contributed by atoms with Crippen LogP contribution in [0.5, 0.6) is 0 Å². The van der Waals surface area contributed by atoms with Gasteiger partial charge >= 0.3 is 11.9 Å². The molecule has 1 aliphatic rings. The van der Waals surface area contributed by atoms with Crippen LogP contribution in [-0.4, -0.2) is 52.5 Å². The molecule has 1 fully saturated rings. The second-order valence-corrected chi connectivity index (χ2v) is 6.50. The summed E-state index contributed by atoms with van der Waals surface area (Å²) in [7, 11) is 0. The van der Waals surface area contributed by atoms with Gasteiger partial charge in [0.05, 0.1) is 0 Å². The molecule has 2 N–H and O–H groups in total. The van der Waals surface area contributed by atoms with Crippen molar-refractivity contribution in [3.05, 3.63) is 47.5 Å². The smallest absolute Gasteiger partial charge is 0.328 e. The number of carboxylic acids is 2. The molecule has 0 aliphatic carbocycles. The van der Waals surface area contributed by atoms with Gasteiger partial charge in [-0.1, -0.05) is 43.2 Å². The number of benzene rings is 1. The Labute approximate surface area is 154 Å². The zero-order valence-corrected chi connectivity index (χ0v) is 15.4. The minimum atomic E-state index is -1.26. The predicted octanol–water partition coefficient (Wildman–Crippen LogP) is 3.01. The molecule has 1 atom stereocenters. The number of likely N-dealkylation sites (tertiary alicyclic amines) is 1. The molecule has 1 heterocycles. The number of carboxylic acid groups (broad SMARTS) is 2. The van der Waals surface area contributed by atoms with Crippen LogP contribution in [-0.2, 0) is 9.59 Å². The monoisotopic (exact) mass is 361 g/mol. The van der Waals surface area contributed by atoms with E-state index in [0.717, 1.165) is 25.2 Å². The van der Waals surface area contributed by atoms with Gasteiger partial charge in [0.2, 0.25) is 0 Å². The SMILES string of the molecule is Cc1ccc(C(=O)[C@@H](C)CN2CCCCC2)cc1.O=C(O)/C=C\C(=O)O. The van der Waals surface area contributed by atoms with E-state index in [1.807, 2.05) is 31.2 Å². The van der Waals surface area contributed by atoms with Crippen LogP contribution in [0, 0.1) is 12.8 Å². The van der Waals surface area contributed by atoms with E-state index in [1.54, 1.807) is 0 Å². The lowest BCUT2D eigenvalue weighted by atomic mass is 9.97. The van der Waals surface area contributed by atoms with Crippen molar-refractivity contribution in [2.24, 2.45) is 5.92 Å². The van der Waals surface area contributed by atoms with Gasteiger partial charge in [-0.15, -0.1) is 0 Å². The van der Waals surface area contributed by atoms with Crippen molar-refractivity contribution in [2.75, 3.05) is 19.6 Å². The minimum absolute atomic E-state index is 0.103. The Hall–Kier alpha value is -2.47. The molecule has 0 spiro atoms. The number of hydrogen-bond acceptors (Lipinski definition) is 4. The summed E-state index contributed by atoms with van der Waals surface area (Å²) in [4.78, 5) is 33.8. The van der Waals surface area contributed by atoms with Crippen molar-refractivity contribution in [2.45, 2.75) is 33.1 Å². The highest BCUT2D eigenvalue weighted by Crippen LogP contribution is 2.15. The molecule has 0 radical (unpaired) electrons. The number of carbonyl (C=O) groups excluding carboxylic acids is 1. The van der Waals surface area contributed by atoms with Gasteiger partial charge in [0.15, 0.2) is 5.78 Å². The number of rotatable bonds is 6. The summed E-state index contributed by atoms with van der Waals surface area (Å²) in [6, 6.07) is 7.93. The average molecular weight is 361 g/mol. The normalized spacial score (nSPS) is 15.8. The fraction of sp³-hybridized carbons (Fsp3) is 0.450. The zero-order valence-electron chi connectivity index (χ0n) is 15.4. The fourth-order valence-electron chi connectivity index (χ4n) is 2.76. The van der Waals surface area contributed by atoms with E-state index < -0.39 is 11.9 Å². The summed E-state index contributed by atoms with van der Waals surface area (Å²) in [5.74, 6) is -2.13. The van der Waals surface area contributed by atoms with E-state index in [4.69, 9.17) is 10.2 Å². The third-order valence-corrected chi connectivity index (χ3v) is 4.13. The van der Waals surface area contributed by atoms with Crippen LogP contribution in [0.4, 0.5) is 0 Å². The molecule has 6 nitrogen and oxygen atoms in total. The van der Waals surface area contributed by atoms with Crippen molar-refractivity contribution in [1.29, 1.82) is 0 Å². The molecule has 0 aromatic heterocycles. The number of Topliss-reactive ketones (excluding diaryl/α,β-unsaturated/α-hetero) is 1. The molecular formula is C20H27NO5. The van der Waals surface area contributed by atoms with E-state index in [2.05, 4.69) is 11.8 Å². The molecule has 26 heavy (non-hydrogen) atoms. The van der Waals surface area contributed by atoms with Crippen LogP contribution >= 0.6 is 0 Å². The Morgan fingerprint density at radius 1 is 1.00 bits per heavy atom. The highest BCUT2D eigenvalue weighted by molar-refractivity contribution is 5.97. The van der Waals surface area contributed by atoms with Crippen LogP contribution in [0.3, 0.4) is 0 Å². The number of hydrogen-bond donors (Lipinski definition) is 2. The van der Waals surface area contributed by atoms with Crippen molar-refractivity contribution in [1.82, 2.24) is 4.90 Å². The van der Waals surface area contributed by atoms with Crippen LogP contribution in [0.1, 0.15) is 42.1 Å². The maximum atomic E-state index is 12.3. The molecule has 1 saturated heterocycles. The molecule has 1 aliphatic heterocycles. The third-order valence-electron chi connectivity index (χ3n) is 4.13. The second kappa shape index (κ2) is 11.2. The fourth-order valence-corrected chi connectivity index (χ4v) is 2.76. The summed E-state index contributed by atoms with van der Waals surface area (Å²) >= 11 is 0. The van der Waals surface area contributed by atoms with Crippen LogP contribution in [0.2, 0.25) is 0 Å². The first-order valence-corrected chi connectivity index (χ1v) is 8.76. The first kappa shape index (κ1) is 21.6.